The first-order chi connectivity index (χ1) is 15.9. The second-order valence-electron chi connectivity index (χ2n) is 8.71. The molecule has 7 nitrogen and oxygen atoms in total. The number of hydrogen-bond donors (Lipinski definition) is 1. The number of benzene rings is 1. The maximum Gasteiger partial charge on any atom is 0.262 e. The van der Waals surface area contributed by atoms with Crippen molar-refractivity contribution < 1.29 is 14.3 Å². The summed E-state index contributed by atoms with van der Waals surface area (Å²) in [6.45, 7) is 5.04. The van der Waals surface area contributed by atoms with E-state index in [9.17, 15) is 9.59 Å². The minimum atomic E-state index is -0.404. The number of aromatic nitrogens is 2. The maximum atomic E-state index is 13.1. The lowest BCUT2D eigenvalue weighted by Gasteiger charge is -2.32. The molecule has 1 aromatic carbocycles. The van der Waals surface area contributed by atoms with Crippen molar-refractivity contribution in [3.63, 3.8) is 0 Å². The molecule has 0 spiro atoms. The summed E-state index contributed by atoms with van der Waals surface area (Å²) in [5.41, 5.74) is 1.58. The lowest BCUT2D eigenvalue weighted by atomic mass is 9.87. The van der Waals surface area contributed by atoms with Crippen molar-refractivity contribution in [1.29, 1.82) is 0 Å². The van der Waals surface area contributed by atoms with Crippen LogP contribution in [-0.4, -0.2) is 34.4 Å². The summed E-state index contributed by atoms with van der Waals surface area (Å²) in [5.74, 6) is 1.62. The summed E-state index contributed by atoms with van der Waals surface area (Å²) in [5, 5.41) is 4.54. The summed E-state index contributed by atoms with van der Waals surface area (Å²) in [6, 6.07) is 5.98. The van der Waals surface area contributed by atoms with Gasteiger partial charge in [-0.25, -0.2) is 4.98 Å². The van der Waals surface area contributed by atoms with Crippen LogP contribution >= 0.6 is 23.1 Å². The first-order valence-corrected chi connectivity index (χ1v) is 13.0. The third-order valence-corrected chi connectivity index (χ3v) is 8.76. The van der Waals surface area contributed by atoms with E-state index < -0.39 is 5.54 Å². The minimum Gasteiger partial charge on any atom is -0.486 e. The number of rotatable bonds is 5. The van der Waals surface area contributed by atoms with Crippen LogP contribution in [0.5, 0.6) is 11.5 Å². The monoisotopic (exact) mass is 485 g/mol. The Morgan fingerprint density at radius 1 is 1.21 bits per heavy atom. The van der Waals surface area contributed by atoms with Gasteiger partial charge in [0.05, 0.1) is 16.7 Å². The van der Waals surface area contributed by atoms with E-state index in [0.717, 1.165) is 58.0 Å². The second kappa shape index (κ2) is 8.68. The Balaban J connectivity index is 1.35. The van der Waals surface area contributed by atoms with Crippen molar-refractivity contribution in [2.24, 2.45) is 7.05 Å². The predicted molar refractivity (Wildman–Crippen MR) is 131 cm³/mol. The standard InChI is InChI=1S/C24H27N3O4S2/c1-14-15(2)33-21-20(14)22(29)27(3)23(25-21)32-13-19(28)26-24(8-4-5-9-24)16-6-7-17-18(12-16)31-11-10-30-17/h6-7,12H,4-5,8-11,13H2,1-3H3,(H,26,28). The summed E-state index contributed by atoms with van der Waals surface area (Å²) >= 11 is 2.82. The highest BCUT2D eigenvalue weighted by Crippen LogP contribution is 2.42. The Morgan fingerprint density at radius 3 is 2.70 bits per heavy atom. The first kappa shape index (κ1) is 22.3. The molecule has 1 amide bonds. The number of aryl methyl sites for hydroxylation is 2. The summed E-state index contributed by atoms with van der Waals surface area (Å²) in [6.07, 6.45) is 3.90. The van der Waals surface area contributed by atoms with Crippen LogP contribution in [-0.2, 0) is 17.4 Å². The minimum absolute atomic E-state index is 0.0618. The SMILES string of the molecule is Cc1sc2nc(SCC(=O)NC3(c4ccc5c(c4)OCCO5)CCCC3)n(C)c(=O)c2c1C. The largest absolute Gasteiger partial charge is 0.486 e. The highest BCUT2D eigenvalue weighted by molar-refractivity contribution is 7.99. The highest BCUT2D eigenvalue weighted by atomic mass is 32.2. The average Bonchev–Trinajstić information content (AvgIpc) is 3.40. The van der Waals surface area contributed by atoms with Crippen molar-refractivity contribution in [1.82, 2.24) is 14.9 Å². The predicted octanol–water partition coefficient (Wildman–Crippen LogP) is 4.06. The summed E-state index contributed by atoms with van der Waals surface area (Å²) < 4.78 is 13.0. The van der Waals surface area contributed by atoms with Crippen LogP contribution in [0, 0.1) is 13.8 Å². The van der Waals surface area contributed by atoms with Crippen molar-refractivity contribution >= 4 is 39.2 Å². The van der Waals surface area contributed by atoms with Gasteiger partial charge in [0.2, 0.25) is 5.91 Å². The first-order valence-electron chi connectivity index (χ1n) is 11.2. The number of hydrogen-bond acceptors (Lipinski definition) is 7. The van der Waals surface area contributed by atoms with Crippen LogP contribution in [0.4, 0.5) is 0 Å². The number of fused-ring (bicyclic) bond motifs is 2. The fourth-order valence-corrected chi connectivity index (χ4v) is 6.57. The maximum absolute atomic E-state index is 13.1. The average molecular weight is 486 g/mol. The van der Waals surface area contributed by atoms with Gasteiger partial charge in [-0.1, -0.05) is 30.7 Å². The molecule has 2 aromatic heterocycles. The molecule has 0 saturated heterocycles. The van der Waals surface area contributed by atoms with E-state index in [1.807, 2.05) is 32.0 Å². The Labute approximate surface area is 200 Å². The molecule has 5 rings (SSSR count). The fourth-order valence-electron chi connectivity index (χ4n) is 4.72. The molecule has 1 N–H and O–H groups in total. The molecular formula is C24H27N3O4S2. The van der Waals surface area contributed by atoms with Gasteiger partial charge in [0.25, 0.3) is 5.56 Å². The number of ether oxygens (including phenoxy) is 2. The Morgan fingerprint density at radius 2 is 1.94 bits per heavy atom. The molecular weight excluding hydrogens is 458 g/mol. The highest BCUT2D eigenvalue weighted by Gasteiger charge is 2.38. The van der Waals surface area contributed by atoms with Gasteiger partial charge >= 0.3 is 0 Å². The molecule has 3 aromatic rings. The van der Waals surface area contributed by atoms with Gasteiger partial charge in [-0.2, -0.15) is 0 Å². The molecule has 3 heterocycles. The lowest BCUT2D eigenvalue weighted by molar-refractivity contribution is -0.120. The molecule has 0 unspecified atom stereocenters. The van der Waals surface area contributed by atoms with Crippen LogP contribution in [0.2, 0.25) is 0 Å². The van der Waals surface area contributed by atoms with Crippen LogP contribution in [0.25, 0.3) is 10.2 Å². The molecule has 174 valence electrons. The normalized spacial score (nSPS) is 16.8. The molecule has 1 fully saturated rings. The van der Waals surface area contributed by atoms with Crippen LogP contribution in [0.15, 0.2) is 28.2 Å². The van der Waals surface area contributed by atoms with Gasteiger partial charge < -0.3 is 14.8 Å². The molecule has 33 heavy (non-hydrogen) atoms. The molecule has 0 bridgehead atoms. The second-order valence-corrected chi connectivity index (χ2v) is 10.9. The van der Waals surface area contributed by atoms with Gasteiger partial charge in [-0.3, -0.25) is 14.2 Å². The van der Waals surface area contributed by atoms with E-state index in [1.54, 1.807) is 11.6 Å². The zero-order chi connectivity index (χ0) is 23.2. The van der Waals surface area contributed by atoms with E-state index in [2.05, 4.69) is 10.3 Å². The number of carbonyl (C=O) groups is 1. The van der Waals surface area contributed by atoms with E-state index in [1.165, 1.54) is 23.1 Å². The van der Waals surface area contributed by atoms with E-state index in [-0.39, 0.29) is 17.2 Å². The molecule has 9 heteroatoms. The van der Waals surface area contributed by atoms with Gasteiger partial charge in [-0.05, 0) is 49.9 Å². The van der Waals surface area contributed by atoms with E-state index in [0.29, 0.717) is 23.8 Å². The summed E-state index contributed by atoms with van der Waals surface area (Å²) in [7, 11) is 1.72. The van der Waals surface area contributed by atoms with Crippen molar-refractivity contribution in [2.75, 3.05) is 19.0 Å². The zero-order valence-electron chi connectivity index (χ0n) is 19.0. The molecule has 2 aliphatic rings. The van der Waals surface area contributed by atoms with Gasteiger partial charge in [0, 0.05) is 11.9 Å². The third kappa shape index (κ3) is 4.01. The smallest absolute Gasteiger partial charge is 0.262 e. The number of nitrogens with one attached hydrogen (secondary N) is 1. The van der Waals surface area contributed by atoms with Gasteiger partial charge in [0.15, 0.2) is 16.7 Å². The summed E-state index contributed by atoms with van der Waals surface area (Å²) in [4.78, 5) is 32.4. The molecule has 1 aliphatic carbocycles. The van der Waals surface area contributed by atoms with Crippen LogP contribution in [0.1, 0.15) is 41.7 Å². The van der Waals surface area contributed by atoms with Crippen molar-refractivity contribution in [3.8, 4) is 11.5 Å². The van der Waals surface area contributed by atoms with Gasteiger partial charge in [0.1, 0.15) is 18.0 Å². The fraction of sp³-hybridized carbons (Fsp3) is 0.458. The quantitative estimate of drug-likeness (QED) is 0.434. The van der Waals surface area contributed by atoms with Crippen LogP contribution in [0.3, 0.4) is 0 Å². The Bertz CT molecular complexity index is 1290. The Kier molecular flexibility index (Phi) is 5.86. The number of nitrogens with zero attached hydrogens (tertiary/aromatic N) is 2. The van der Waals surface area contributed by atoms with Crippen LogP contribution < -0.4 is 20.3 Å². The number of carbonyl (C=O) groups excluding carboxylic acids is 1. The number of amides is 1. The number of thioether (sulfide) groups is 1. The van der Waals surface area contributed by atoms with E-state index >= 15 is 0 Å². The van der Waals surface area contributed by atoms with Gasteiger partial charge in [-0.15, -0.1) is 11.3 Å². The molecule has 0 radical (unpaired) electrons. The lowest BCUT2D eigenvalue weighted by Crippen LogP contribution is -2.44. The van der Waals surface area contributed by atoms with E-state index in [4.69, 9.17) is 9.47 Å². The Hall–Kier alpha value is -2.52. The topological polar surface area (TPSA) is 82.4 Å². The zero-order valence-corrected chi connectivity index (χ0v) is 20.7. The molecule has 1 aliphatic heterocycles. The molecule has 1 saturated carbocycles. The molecule has 0 atom stereocenters. The van der Waals surface area contributed by atoms with Crippen molar-refractivity contribution in [3.05, 3.63) is 44.6 Å². The third-order valence-electron chi connectivity index (χ3n) is 6.63. The van der Waals surface area contributed by atoms with Crippen molar-refractivity contribution in [2.45, 2.75) is 50.2 Å². The number of thiophene rings is 1.